The molecule has 0 aromatic heterocycles. The predicted molar refractivity (Wildman–Crippen MR) is 94.5 cm³/mol. The molecule has 5 nitrogen and oxygen atoms in total. The van der Waals surface area contributed by atoms with Crippen LogP contribution in [0.3, 0.4) is 0 Å². The van der Waals surface area contributed by atoms with Gasteiger partial charge in [0, 0.05) is 24.0 Å². The quantitative estimate of drug-likeness (QED) is 0.717. The first kappa shape index (κ1) is 20.6. The standard InChI is InChI=1S/C14H17Cl3N2O3.ClH/c15-9-5-11(16)14(12(17)6-9)22-4-2-19-13(20)7-10-8-21-3-1-18-10;/h5-6,10,18H,1-4,7-8H2,(H,19,20);1H. The van der Waals surface area contributed by atoms with E-state index in [0.717, 1.165) is 6.54 Å². The van der Waals surface area contributed by atoms with E-state index < -0.39 is 0 Å². The molecule has 0 saturated carbocycles. The minimum absolute atomic E-state index is 0. The van der Waals surface area contributed by atoms with Crippen LogP contribution >= 0.6 is 47.2 Å². The van der Waals surface area contributed by atoms with Gasteiger partial charge in [0.1, 0.15) is 6.61 Å². The number of ether oxygens (including phenoxy) is 2. The largest absolute Gasteiger partial charge is 0.489 e. The average molecular weight is 404 g/mol. The number of hydrogen-bond acceptors (Lipinski definition) is 4. The normalized spacial score (nSPS) is 17.3. The molecule has 0 aliphatic carbocycles. The van der Waals surface area contributed by atoms with Gasteiger partial charge in [-0.25, -0.2) is 0 Å². The number of morpholine rings is 1. The first-order valence-corrected chi connectivity index (χ1v) is 8.05. The van der Waals surface area contributed by atoms with E-state index in [1.54, 1.807) is 12.1 Å². The zero-order valence-corrected chi connectivity index (χ0v) is 15.3. The van der Waals surface area contributed by atoms with E-state index in [-0.39, 0.29) is 31.0 Å². The first-order chi connectivity index (χ1) is 10.6. The van der Waals surface area contributed by atoms with E-state index in [9.17, 15) is 4.79 Å². The molecule has 9 heteroatoms. The third kappa shape index (κ3) is 6.91. The van der Waals surface area contributed by atoms with E-state index in [0.29, 0.717) is 47.0 Å². The fourth-order valence-corrected chi connectivity index (χ4v) is 2.98. The fraction of sp³-hybridized carbons (Fsp3) is 0.500. The van der Waals surface area contributed by atoms with Crippen molar-refractivity contribution in [3.8, 4) is 5.75 Å². The molecule has 1 aliphatic heterocycles. The van der Waals surface area contributed by atoms with Crippen LogP contribution < -0.4 is 15.4 Å². The molecule has 1 saturated heterocycles. The lowest BCUT2D eigenvalue weighted by atomic mass is 10.2. The SMILES string of the molecule is Cl.O=C(CC1COCCN1)NCCOc1c(Cl)cc(Cl)cc1Cl. The second kappa shape index (κ2) is 10.4. The average Bonchev–Trinajstić information content (AvgIpc) is 2.46. The molecule has 1 aromatic rings. The van der Waals surface area contributed by atoms with Gasteiger partial charge in [0.15, 0.2) is 5.75 Å². The third-order valence-corrected chi connectivity index (χ3v) is 3.84. The molecule has 0 bridgehead atoms. The lowest BCUT2D eigenvalue weighted by Gasteiger charge is -2.23. The highest BCUT2D eigenvalue weighted by Gasteiger charge is 2.16. The Balaban J connectivity index is 0.00000264. The van der Waals surface area contributed by atoms with Crippen LogP contribution in [-0.4, -0.2) is 44.9 Å². The summed E-state index contributed by atoms with van der Waals surface area (Å²) < 4.78 is 10.8. The van der Waals surface area contributed by atoms with Gasteiger partial charge in [-0.15, -0.1) is 12.4 Å². The molecule has 0 spiro atoms. The molecular formula is C14H18Cl4N2O3. The summed E-state index contributed by atoms with van der Waals surface area (Å²) in [7, 11) is 0. The molecule has 130 valence electrons. The number of halogens is 4. The van der Waals surface area contributed by atoms with Crippen molar-refractivity contribution in [3.63, 3.8) is 0 Å². The van der Waals surface area contributed by atoms with Crippen LogP contribution in [0, 0.1) is 0 Å². The Morgan fingerprint density at radius 2 is 2.04 bits per heavy atom. The lowest BCUT2D eigenvalue weighted by molar-refractivity contribution is -0.122. The summed E-state index contributed by atoms with van der Waals surface area (Å²) in [5.74, 6) is 0.309. The monoisotopic (exact) mass is 402 g/mol. The third-order valence-electron chi connectivity index (χ3n) is 3.06. The summed E-state index contributed by atoms with van der Waals surface area (Å²) in [5, 5.41) is 7.12. The maximum Gasteiger partial charge on any atom is 0.221 e. The predicted octanol–water partition coefficient (Wildman–Crippen LogP) is 2.94. The molecule has 1 amide bonds. The van der Waals surface area contributed by atoms with Crippen molar-refractivity contribution in [1.29, 1.82) is 0 Å². The van der Waals surface area contributed by atoms with Crippen LogP contribution in [0.25, 0.3) is 0 Å². The highest BCUT2D eigenvalue weighted by Crippen LogP contribution is 2.35. The molecule has 1 unspecified atom stereocenters. The molecule has 1 atom stereocenters. The highest BCUT2D eigenvalue weighted by molar-refractivity contribution is 6.40. The molecule has 1 heterocycles. The molecule has 0 radical (unpaired) electrons. The van der Waals surface area contributed by atoms with Crippen molar-refractivity contribution < 1.29 is 14.3 Å². The molecule has 1 aromatic carbocycles. The van der Waals surface area contributed by atoms with Gasteiger partial charge in [-0.3, -0.25) is 4.79 Å². The van der Waals surface area contributed by atoms with Gasteiger partial charge in [0.2, 0.25) is 5.91 Å². The minimum atomic E-state index is -0.0556. The molecule has 1 fully saturated rings. The highest BCUT2D eigenvalue weighted by atomic mass is 35.5. The second-order valence-corrected chi connectivity index (χ2v) is 6.08. The van der Waals surface area contributed by atoms with Crippen molar-refractivity contribution >= 4 is 53.1 Å². The molecule has 2 rings (SSSR count). The first-order valence-electron chi connectivity index (χ1n) is 6.91. The molecule has 2 N–H and O–H groups in total. The van der Waals surface area contributed by atoms with E-state index in [1.807, 2.05) is 0 Å². The van der Waals surface area contributed by atoms with Crippen molar-refractivity contribution in [1.82, 2.24) is 10.6 Å². The fourth-order valence-electron chi connectivity index (χ4n) is 2.06. The number of benzene rings is 1. The summed E-state index contributed by atoms with van der Waals surface area (Å²) in [6.45, 7) is 2.65. The summed E-state index contributed by atoms with van der Waals surface area (Å²) in [5.41, 5.74) is 0. The number of rotatable bonds is 6. The maximum absolute atomic E-state index is 11.8. The Labute approximate surface area is 156 Å². The van der Waals surface area contributed by atoms with Crippen LogP contribution in [0.15, 0.2) is 12.1 Å². The van der Waals surface area contributed by atoms with Crippen molar-refractivity contribution in [2.24, 2.45) is 0 Å². The van der Waals surface area contributed by atoms with Crippen LogP contribution in [0.5, 0.6) is 5.75 Å². The summed E-state index contributed by atoms with van der Waals surface area (Å²) in [6, 6.07) is 3.17. The Morgan fingerprint density at radius 3 is 2.65 bits per heavy atom. The molecule has 23 heavy (non-hydrogen) atoms. The Bertz CT molecular complexity index is 502. The topological polar surface area (TPSA) is 59.6 Å². The Kier molecular flexibility index (Phi) is 9.36. The number of nitrogens with one attached hydrogen (secondary N) is 2. The molecular weight excluding hydrogens is 386 g/mol. The molecule has 1 aliphatic rings. The van der Waals surface area contributed by atoms with Crippen molar-refractivity contribution in [2.75, 3.05) is 32.9 Å². The lowest BCUT2D eigenvalue weighted by Crippen LogP contribution is -2.44. The number of carbonyl (C=O) groups is 1. The van der Waals surface area contributed by atoms with Gasteiger partial charge in [0.05, 0.1) is 29.8 Å². The summed E-state index contributed by atoms with van der Waals surface area (Å²) in [4.78, 5) is 11.8. The van der Waals surface area contributed by atoms with Crippen LogP contribution in [-0.2, 0) is 9.53 Å². The maximum atomic E-state index is 11.8. The number of carbonyl (C=O) groups excluding carboxylic acids is 1. The van der Waals surface area contributed by atoms with Crippen LogP contribution in [0.2, 0.25) is 15.1 Å². The zero-order valence-electron chi connectivity index (χ0n) is 12.2. The summed E-state index contributed by atoms with van der Waals surface area (Å²) in [6.07, 6.45) is 0.377. The number of hydrogen-bond donors (Lipinski definition) is 2. The Morgan fingerprint density at radius 1 is 1.35 bits per heavy atom. The minimum Gasteiger partial charge on any atom is -0.489 e. The van der Waals surface area contributed by atoms with Gasteiger partial charge < -0.3 is 20.1 Å². The number of amides is 1. The van der Waals surface area contributed by atoms with Gasteiger partial charge in [-0.2, -0.15) is 0 Å². The van der Waals surface area contributed by atoms with E-state index >= 15 is 0 Å². The van der Waals surface area contributed by atoms with Crippen molar-refractivity contribution in [3.05, 3.63) is 27.2 Å². The van der Waals surface area contributed by atoms with Crippen LogP contribution in [0.4, 0.5) is 0 Å². The van der Waals surface area contributed by atoms with E-state index in [4.69, 9.17) is 44.3 Å². The second-order valence-electron chi connectivity index (χ2n) is 4.83. The summed E-state index contributed by atoms with van der Waals surface area (Å²) >= 11 is 17.8. The smallest absolute Gasteiger partial charge is 0.221 e. The van der Waals surface area contributed by atoms with Crippen molar-refractivity contribution in [2.45, 2.75) is 12.5 Å². The van der Waals surface area contributed by atoms with Gasteiger partial charge in [0.25, 0.3) is 0 Å². The van der Waals surface area contributed by atoms with E-state index in [2.05, 4.69) is 10.6 Å². The van der Waals surface area contributed by atoms with Crippen LogP contribution in [0.1, 0.15) is 6.42 Å². The zero-order chi connectivity index (χ0) is 15.9. The Hall–Kier alpha value is -0.430. The van der Waals surface area contributed by atoms with E-state index in [1.165, 1.54) is 0 Å². The van der Waals surface area contributed by atoms with Gasteiger partial charge in [-0.1, -0.05) is 34.8 Å². The van der Waals surface area contributed by atoms with Gasteiger partial charge >= 0.3 is 0 Å². The van der Waals surface area contributed by atoms with Gasteiger partial charge in [-0.05, 0) is 12.1 Å².